The number of thiazole rings is 1. The Balaban J connectivity index is 1.90. The van der Waals surface area contributed by atoms with Gasteiger partial charge in [-0.3, -0.25) is 4.79 Å². The number of nitrogens with one attached hydrogen (secondary N) is 1. The van der Waals surface area contributed by atoms with Gasteiger partial charge < -0.3 is 5.32 Å². The Kier molecular flexibility index (Phi) is 3.94. The molecular formula is C15H10ClN3OS. The molecule has 0 unspecified atom stereocenters. The fraction of sp³-hybridized carbons (Fsp3) is 0. The number of amides is 1. The highest BCUT2D eigenvalue weighted by molar-refractivity contribution is 7.12. The number of anilines is 1. The van der Waals surface area contributed by atoms with Crippen LogP contribution < -0.4 is 5.32 Å². The first-order chi connectivity index (χ1) is 10.3. The summed E-state index contributed by atoms with van der Waals surface area (Å²) in [5.74, 6) is -0.244. The minimum atomic E-state index is -0.244. The molecule has 1 aromatic carbocycles. The third-order valence-electron chi connectivity index (χ3n) is 2.83. The van der Waals surface area contributed by atoms with Gasteiger partial charge in [0.25, 0.3) is 5.91 Å². The maximum Gasteiger partial charge on any atom is 0.268 e. The van der Waals surface area contributed by atoms with Crippen molar-refractivity contribution < 1.29 is 4.79 Å². The smallest absolute Gasteiger partial charge is 0.268 e. The van der Waals surface area contributed by atoms with E-state index in [0.717, 1.165) is 5.56 Å². The second kappa shape index (κ2) is 6.03. The number of carbonyl (C=O) groups is 1. The van der Waals surface area contributed by atoms with E-state index >= 15 is 0 Å². The number of hydrogen-bond acceptors (Lipinski definition) is 4. The van der Waals surface area contributed by atoms with Crippen molar-refractivity contribution in [2.45, 2.75) is 0 Å². The van der Waals surface area contributed by atoms with Gasteiger partial charge in [0.15, 0.2) is 5.15 Å². The van der Waals surface area contributed by atoms with E-state index in [9.17, 15) is 4.79 Å². The van der Waals surface area contributed by atoms with Crippen molar-refractivity contribution in [1.82, 2.24) is 9.97 Å². The minimum Gasteiger partial charge on any atom is -0.319 e. The zero-order chi connectivity index (χ0) is 14.7. The van der Waals surface area contributed by atoms with Crippen LogP contribution in [0.4, 0.5) is 5.69 Å². The van der Waals surface area contributed by atoms with Crippen molar-refractivity contribution in [1.29, 1.82) is 0 Å². The van der Waals surface area contributed by atoms with Crippen molar-refractivity contribution >= 4 is 34.5 Å². The van der Waals surface area contributed by atoms with Crippen molar-refractivity contribution in [3.05, 3.63) is 64.2 Å². The summed E-state index contributed by atoms with van der Waals surface area (Å²) >= 11 is 7.24. The molecule has 0 bridgehead atoms. The molecule has 21 heavy (non-hydrogen) atoms. The molecule has 4 nitrogen and oxygen atoms in total. The second-order valence-corrected chi connectivity index (χ2v) is 5.40. The largest absolute Gasteiger partial charge is 0.319 e. The molecule has 0 saturated carbocycles. The highest BCUT2D eigenvalue weighted by atomic mass is 35.5. The fourth-order valence-electron chi connectivity index (χ4n) is 1.87. The van der Waals surface area contributed by atoms with E-state index in [0.29, 0.717) is 16.3 Å². The summed E-state index contributed by atoms with van der Waals surface area (Å²) in [5.41, 5.74) is 3.71. The standard InChI is InChI=1S/C15H10ClN3OS/c16-14-11(7-4-8-17-14)19-15(20)13-12(18-9-21-13)10-5-2-1-3-6-10/h1-9H,(H,19,20). The Labute approximate surface area is 130 Å². The van der Waals surface area contributed by atoms with Crippen molar-refractivity contribution in [2.75, 3.05) is 5.32 Å². The predicted octanol–water partition coefficient (Wildman–Crippen LogP) is 4.11. The summed E-state index contributed by atoms with van der Waals surface area (Å²) in [7, 11) is 0. The van der Waals surface area contributed by atoms with Gasteiger partial charge in [0.1, 0.15) is 4.88 Å². The molecule has 6 heteroatoms. The van der Waals surface area contributed by atoms with E-state index in [-0.39, 0.29) is 11.1 Å². The predicted molar refractivity (Wildman–Crippen MR) is 84.8 cm³/mol. The van der Waals surface area contributed by atoms with Crippen LogP contribution in [0.15, 0.2) is 54.2 Å². The topological polar surface area (TPSA) is 54.9 Å². The molecule has 0 saturated heterocycles. The third kappa shape index (κ3) is 2.94. The molecule has 0 aliphatic heterocycles. The Morgan fingerprint density at radius 3 is 2.67 bits per heavy atom. The maximum atomic E-state index is 12.4. The Hall–Kier alpha value is -2.24. The van der Waals surface area contributed by atoms with Crippen LogP contribution in [-0.2, 0) is 0 Å². The maximum absolute atomic E-state index is 12.4. The van der Waals surface area contributed by atoms with Crippen LogP contribution in [0.1, 0.15) is 9.67 Å². The highest BCUT2D eigenvalue weighted by Crippen LogP contribution is 2.27. The van der Waals surface area contributed by atoms with Crippen LogP contribution in [0.2, 0.25) is 5.15 Å². The van der Waals surface area contributed by atoms with Crippen LogP contribution in [-0.4, -0.2) is 15.9 Å². The number of aromatic nitrogens is 2. The number of benzene rings is 1. The first-order valence-electron chi connectivity index (χ1n) is 6.16. The lowest BCUT2D eigenvalue weighted by atomic mass is 10.1. The first-order valence-corrected chi connectivity index (χ1v) is 7.42. The van der Waals surface area contributed by atoms with Crippen molar-refractivity contribution in [3.63, 3.8) is 0 Å². The number of hydrogen-bond donors (Lipinski definition) is 1. The van der Waals surface area contributed by atoms with Gasteiger partial charge in [-0.25, -0.2) is 9.97 Å². The molecule has 104 valence electrons. The van der Waals surface area contributed by atoms with Crippen molar-refractivity contribution in [3.8, 4) is 11.3 Å². The number of nitrogens with zero attached hydrogens (tertiary/aromatic N) is 2. The summed E-state index contributed by atoms with van der Waals surface area (Å²) < 4.78 is 0. The molecule has 0 aliphatic carbocycles. The van der Waals surface area contributed by atoms with Crippen LogP contribution >= 0.6 is 22.9 Å². The second-order valence-electron chi connectivity index (χ2n) is 4.19. The zero-order valence-corrected chi connectivity index (χ0v) is 12.4. The molecule has 3 aromatic rings. The van der Waals surface area contributed by atoms with Gasteiger partial charge in [0.2, 0.25) is 0 Å². The zero-order valence-electron chi connectivity index (χ0n) is 10.8. The van der Waals surface area contributed by atoms with Crippen molar-refractivity contribution in [2.24, 2.45) is 0 Å². The molecule has 1 N–H and O–H groups in total. The number of carbonyl (C=O) groups excluding carboxylic acids is 1. The van der Waals surface area contributed by atoms with E-state index in [1.54, 1.807) is 23.8 Å². The van der Waals surface area contributed by atoms with Crippen LogP contribution in [0.3, 0.4) is 0 Å². The normalized spacial score (nSPS) is 10.3. The first kappa shape index (κ1) is 13.7. The van der Waals surface area contributed by atoms with Gasteiger partial charge in [-0.1, -0.05) is 41.9 Å². The average molecular weight is 316 g/mol. The summed E-state index contributed by atoms with van der Waals surface area (Å²) in [4.78, 5) is 21.2. The SMILES string of the molecule is O=C(Nc1cccnc1Cl)c1scnc1-c1ccccc1. The third-order valence-corrected chi connectivity index (χ3v) is 3.95. The number of rotatable bonds is 3. The van der Waals surface area contributed by atoms with E-state index in [4.69, 9.17) is 11.6 Å². The summed E-state index contributed by atoms with van der Waals surface area (Å²) in [6.45, 7) is 0. The molecular weight excluding hydrogens is 306 g/mol. The minimum absolute atomic E-state index is 0.244. The highest BCUT2D eigenvalue weighted by Gasteiger charge is 2.17. The number of halogens is 1. The average Bonchev–Trinajstić information content (AvgIpc) is 3.00. The van der Waals surface area contributed by atoms with Gasteiger partial charge in [-0.2, -0.15) is 0 Å². The summed E-state index contributed by atoms with van der Waals surface area (Å²) in [6, 6.07) is 13.0. The summed E-state index contributed by atoms with van der Waals surface area (Å²) in [6.07, 6.45) is 1.57. The van der Waals surface area contributed by atoms with E-state index in [2.05, 4.69) is 15.3 Å². The number of pyridine rings is 1. The molecule has 0 aliphatic rings. The van der Waals surface area contributed by atoms with E-state index in [1.165, 1.54) is 11.3 Å². The quantitative estimate of drug-likeness (QED) is 0.740. The van der Waals surface area contributed by atoms with Crippen LogP contribution in [0.25, 0.3) is 11.3 Å². The Morgan fingerprint density at radius 1 is 1.10 bits per heavy atom. The molecule has 0 fully saturated rings. The Bertz CT molecular complexity index is 773. The Morgan fingerprint density at radius 2 is 1.90 bits per heavy atom. The van der Waals surface area contributed by atoms with Gasteiger partial charge in [-0.15, -0.1) is 11.3 Å². The van der Waals surface area contributed by atoms with Gasteiger partial charge in [0, 0.05) is 11.8 Å². The van der Waals surface area contributed by atoms with E-state index in [1.807, 2.05) is 30.3 Å². The molecule has 2 heterocycles. The van der Waals surface area contributed by atoms with Gasteiger partial charge in [0.05, 0.1) is 16.9 Å². The van der Waals surface area contributed by atoms with Gasteiger partial charge in [-0.05, 0) is 12.1 Å². The van der Waals surface area contributed by atoms with E-state index < -0.39 is 0 Å². The monoisotopic (exact) mass is 315 g/mol. The van der Waals surface area contributed by atoms with Crippen LogP contribution in [0, 0.1) is 0 Å². The molecule has 0 atom stereocenters. The lowest BCUT2D eigenvalue weighted by molar-refractivity contribution is 0.103. The van der Waals surface area contributed by atoms with Gasteiger partial charge >= 0.3 is 0 Å². The van der Waals surface area contributed by atoms with Crippen LogP contribution in [0.5, 0.6) is 0 Å². The molecule has 2 aromatic heterocycles. The molecule has 3 rings (SSSR count). The molecule has 0 spiro atoms. The lowest BCUT2D eigenvalue weighted by Gasteiger charge is -2.06. The molecule has 0 radical (unpaired) electrons. The lowest BCUT2D eigenvalue weighted by Crippen LogP contribution is -2.12. The summed E-state index contributed by atoms with van der Waals surface area (Å²) in [5, 5.41) is 3.02. The fourth-order valence-corrected chi connectivity index (χ4v) is 2.74. The molecule has 1 amide bonds.